The van der Waals surface area contributed by atoms with Gasteiger partial charge >= 0.3 is 0 Å². The molecule has 0 aliphatic heterocycles. The van der Waals surface area contributed by atoms with Gasteiger partial charge in [-0.15, -0.1) is 0 Å². The third-order valence-corrected chi connectivity index (χ3v) is 2.58. The molecule has 0 radical (unpaired) electrons. The van der Waals surface area contributed by atoms with Crippen molar-refractivity contribution in [3.05, 3.63) is 5.28 Å². The molecule has 6 heteroatoms. The number of anilines is 2. The highest BCUT2D eigenvalue weighted by molar-refractivity contribution is 6.28. The maximum atomic E-state index is 5.85. The highest BCUT2D eigenvalue weighted by Crippen LogP contribution is 2.13. The lowest BCUT2D eigenvalue weighted by molar-refractivity contribution is 0.617. The Morgan fingerprint density at radius 3 is 2.41 bits per heavy atom. The Balaban J connectivity index is 2.75. The number of rotatable bonds is 7. The Bertz CT molecular complexity index is 345. The number of nitrogens with zero attached hydrogens (tertiary/aromatic N) is 3. The summed E-state index contributed by atoms with van der Waals surface area (Å²) in [5.41, 5.74) is 0. The molecule has 1 unspecified atom stereocenters. The number of halogens is 1. The molecule has 0 aliphatic rings. The Morgan fingerprint density at radius 1 is 1.12 bits per heavy atom. The van der Waals surface area contributed by atoms with E-state index < -0.39 is 0 Å². The standard InChI is InChI=1S/C11H20ClN5/c1-4-7-8(5-2)14-11-16-9(12)15-10(17-11)13-6-3/h8H,4-7H2,1-3H3,(H2,13,14,15,16,17). The van der Waals surface area contributed by atoms with Gasteiger partial charge < -0.3 is 10.6 Å². The summed E-state index contributed by atoms with van der Waals surface area (Å²) in [4.78, 5) is 12.3. The predicted molar refractivity (Wildman–Crippen MR) is 71.6 cm³/mol. The smallest absolute Gasteiger partial charge is 0.229 e. The summed E-state index contributed by atoms with van der Waals surface area (Å²) in [6.45, 7) is 7.04. The van der Waals surface area contributed by atoms with Gasteiger partial charge in [-0.1, -0.05) is 20.3 Å². The van der Waals surface area contributed by atoms with Gasteiger partial charge in [0.25, 0.3) is 0 Å². The molecule has 1 atom stereocenters. The number of hydrogen-bond donors (Lipinski definition) is 2. The van der Waals surface area contributed by atoms with E-state index in [2.05, 4.69) is 39.4 Å². The van der Waals surface area contributed by atoms with Crippen LogP contribution in [0.5, 0.6) is 0 Å². The van der Waals surface area contributed by atoms with Crippen LogP contribution in [0.25, 0.3) is 0 Å². The van der Waals surface area contributed by atoms with Crippen LogP contribution in [0, 0.1) is 0 Å². The van der Waals surface area contributed by atoms with Gasteiger partial charge in [0.15, 0.2) is 0 Å². The molecular weight excluding hydrogens is 238 g/mol. The highest BCUT2D eigenvalue weighted by atomic mass is 35.5. The first-order chi connectivity index (χ1) is 8.19. The van der Waals surface area contributed by atoms with E-state index in [-0.39, 0.29) is 5.28 Å². The molecule has 0 saturated carbocycles. The second-order valence-electron chi connectivity index (χ2n) is 3.82. The molecule has 1 aromatic heterocycles. The van der Waals surface area contributed by atoms with Crippen molar-refractivity contribution in [1.29, 1.82) is 0 Å². The molecule has 1 heterocycles. The Kier molecular flexibility index (Phi) is 5.97. The molecule has 1 rings (SSSR count). The van der Waals surface area contributed by atoms with Crippen LogP contribution >= 0.6 is 11.6 Å². The number of hydrogen-bond acceptors (Lipinski definition) is 5. The van der Waals surface area contributed by atoms with Gasteiger partial charge in [0.1, 0.15) is 0 Å². The summed E-state index contributed by atoms with van der Waals surface area (Å²) in [5.74, 6) is 1.06. The summed E-state index contributed by atoms with van der Waals surface area (Å²) < 4.78 is 0. The SMILES string of the molecule is CCCC(CC)Nc1nc(Cl)nc(NCC)n1. The molecule has 0 fully saturated rings. The van der Waals surface area contributed by atoms with Crippen molar-refractivity contribution in [2.45, 2.75) is 46.1 Å². The second kappa shape index (κ2) is 7.27. The lowest BCUT2D eigenvalue weighted by atomic mass is 10.1. The Hall–Kier alpha value is -1.10. The van der Waals surface area contributed by atoms with Crippen LogP contribution < -0.4 is 10.6 Å². The van der Waals surface area contributed by atoms with Crippen LogP contribution in [0.15, 0.2) is 0 Å². The van der Waals surface area contributed by atoms with E-state index in [0.29, 0.717) is 17.9 Å². The zero-order valence-electron chi connectivity index (χ0n) is 10.6. The van der Waals surface area contributed by atoms with Gasteiger partial charge in [0.05, 0.1) is 0 Å². The van der Waals surface area contributed by atoms with Gasteiger partial charge in [-0.2, -0.15) is 15.0 Å². The van der Waals surface area contributed by atoms with Crippen molar-refractivity contribution in [2.75, 3.05) is 17.2 Å². The monoisotopic (exact) mass is 257 g/mol. The molecule has 5 nitrogen and oxygen atoms in total. The fourth-order valence-corrected chi connectivity index (χ4v) is 1.72. The molecule has 0 saturated heterocycles. The lowest BCUT2D eigenvalue weighted by Crippen LogP contribution is -2.20. The highest BCUT2D eigenvalue weighted by Gasteiger charge is 2.09. The van der Waals surface area contributed by atoms with Crippen LogP contribution in [-0.2, 0) is 0 Å². The molecule has 0 aromatic carbocycles. The molecule has 0 bridgehead atoms. The minimum absolute atomic E-state index is 0.213. The normalized spacial score (nSPS) is 12.2. The predicted octanol–water partition coefficient (Wildman–Crippen LogP) is 2.95. The van der Waals surface area contributed by atoms with Crippen molar-refractivity contribution in [3.8, 4) is 0 Å². The van der Waals surface area contributed by atoms with Crippen LogP contribution in [0.1, 0.15) is 40.0 Å². The molecule has 0 aliphatic carbocycles. The minimum Gasteiger partial charge on any atom is -0.354 e. The summed E-state index contributed by atoms with van der Waals surface area (Å²) in [5, 5.41) is 6.52. The van der Waals surface area contributed by atoms with Gasteiger partial charge in [0, 0.05) is 12.6 Å². The van der Waals surface area contributed by atoms with Crippen molar-refractivity contribution in [3.63, 3.8) is 0 Å². The molecule has 0 amide bonds. The van der Waals surface area contributed by atoms with Crippen LogP contribution in [0.4, 0.5) is 11.9 Å². The second-order valence-corrected chi connectivity index (χ2v) is 4.16. The summed E-state index contributed by atoms with van der Waals surface area (Å²) in [6, 6.07) is 0.382. The minimum atomic E-state index is 0.213. The van der Waals surface area contributed by atoms with E-state index in [1.54, 1.807) is 0 Å². The van der Waals surface area contributed by atoms with E-state index in [1.165, 1.54) is 0 Å². The average molecular weight is 258 g/mol. The zero-order valence-corrected chi connectivity index (χ0v) is 11.4. The van der Waals surface area contributed by atoms with Gasteiger partial charge in [-0.05, 0) is 31.4 Å². The topological polar surface area (TPSA) is 62.7 Å². The fraction of sp³-hybridized carbons (Fsp3) is 0.727. The largest absolute Gasteiger partial charge is 0.354 e. The maximum Gasteiger partial charge on any atom is 0.229 e. The molecule has 0 spiro atoms. The van der Waals surface area contributed by atoms with E-state index in [4.69, 9.17) is 11.6 Å². The number of nitrogens with one attached hydrogen (secondary N) is 2. The quantitative estimate of drug-likeness (QED) is 0.786. The van der Waals surface area contributed by atoms with E-state index >= 15 is 0 Å². The third kappa shape index (κ3) is 4.73. The van der Waals surface area contributed by atoms with Crippen molar-refractivity contribution < 1.29 is 0 Å². The van der Waals surface area contributed by atoms with Gasteiger partial charge in [0.2, 0.25) is 17.2 Å². The summed E-state index contributed by atoms with van der Waals surface area (Å²) >= 11 is 5.85. The van der Waals surface area contributed by atoms with E-state index in [1.807, 2.05) is 6.92 Å². The molecular formula is C11H20ClN5. The Morgan fingerprint density at radius 2 is 1.82 bits per heavy atom. The van der Waals surface area contributed by atoms with Gasteiger partial charge in [-0.25, -0.2) is 0 Å². The average Bonchev–Trinajstić information content (AvgIpc) is 2.28. The molecule has 17 heavy (non-hydrogen) atoms. The first-order valence-corrected chi connectivity index (χ1v) is 6.49. The molecule has 96 valence electrons. The zero-order chi connectivity index (χ0) is 12.7. The van der Waals surface area contributed by atoms with Gasteiger partial charge in [-0.3, -0.25) is 0 Å². The van der Waals surface area contributed by atoms with Crippen molar-refractivity contribution in [2.24, 2.45) is 0 Å². The van der Waals surface area contributed by atoms with Crippen LogP contribution in [-0.4, -0.2) is 27.5 Å². The van der Waals surface area contributed by atoms with Crippen LogP contribution in [0.2, 0.25) is 5.28 Å². The van der Waals surface area contributed by atoms with Crippen molar-refractivity contribution in [1.82, 2.24) is 15.0 Å². The molecule has 1 aromatic rings. The Labute approximate surface area is 107 Å². The first-order valence-electron chi connectivity index (χ1n) is 6.11. The van der Waals surface area contributed by atoms with E-state index in [9.17, 15) is 0 Å². The van der Waals surface area contributed by atoms with Crippen molar-refractivity contribution >= 4 is 23.5 Å². The molecule has 2 N–H and O–H groups in total. The summed E-state index contributed by atoms with van der Waals surface area (Å²) in [7, 11) is 0. The lowest BCUT2D eigenvalue weighted by Gasteiger charge is -2.16. The first kappa shape index (κ1) is 14.0. The van der Waals surface area contributed by atoms with E-state index in [0.717, 1.165) is 25.8 Å². The summed E-state index contributed by atoms with van der Waals surface area (Å²) in [6.07, 6.45) is 3.26. The maximum absolute atomic E-state index is 5.85. The van der Waals surface area contributed by atoms with Crippen LogP contribution in [0.3, 0.4) is 0 Å². The third-order valence-electron chi connectivity index (χ3n) is 2.41. The fourth-order valence-electron chi connectivity index (χ4n) is 1.56. The number of aromatic nitrogens is 3.